The first-order valence-electron chi connectivity index (χ1n) is 8.58. The molecular weight excluding hydrogens is 382 g/mol. The quantitative estimate of drug-likeness (QED) is 0.572. The lowest BCUT2D eigenvalue weighted by Gasteiger charge is -2.26. The van der Waals surface area contributed by atoms with Crippen molar-refractivity contribution in [2.24, 2.45) is 0 Å². The molecule has 0 aliphatic carbocycles. The number of pyridine rings is 1. The number of aromatic nitrogens is 5. The molecule has 0 radical (unpaired) electrons. The van der Waals surface area contributed by atoms with Crippen LogP contribution in [0.3, 0.4) is 0 Å². The van der Waals surface area contributed by atoms with E-state index in [1.807, 2.05) is 0 Å². The van der Waals surface area contributed by atoms with Crippen molar-refractivity contribution in [3.8, 4) is 11.1 Å². The summed E-state index contributed by atoms with van der Waals surface area (Å²) < 4.78 is 58.7. The van der Waals surface area contributed by atoms with Crippen LogP contribution in [0.4, 0.5) is 29.2 Å². The van der Waals surface area contributed by atoms with E-state index in [9.17, 15) is 17.6 Å². The summed E-state index contributed by atoms with van der Waals surface area (Å²) in [6.07, 6.45) is -0.553. The van der Waals surface area contributed by atoms with Gasteiger partial charge in [-0.25, -0.2) is 8.91 Å². The van der Waals surface area contributed by atoms with Crippen LogP contribution >= 0.6 is 0 Å². The minimum absolute atomic E-state index is 0.0198. The van der Waals surface area contributed by atoms with Crippen LogP contribution in [0, 0.1) is 0 Å². The van der Waals surface area contributed by atoms with E-state index in [2.05, 4.69) is 30.9 Å². The molecule has 3 aromatic rings. The first kappa shape index (κ1) is 18.5. The normalized spacial score (nSPS) is 20.4. The molecule has 0 saturated carbocycles. The van der Waals surface area contributed by atoms with E-state index in [1.165, 1.54) is 10.7 Å². The molecule has 4 rings (SSSR count). The van der Waals surface area contributed by atoms with Crippen LogP contribution in [0.5, 0.6) is 0 Å². The zero-order valence-corrected chi connectivity index (χ0v) is 14.5. The largest absolute Gasteiger partial charge is 0.405 e. The molecule has 0 amide bonds. The van der Waals surface area contributed by atoms with E-state index in [1.54, 1.807) is 18.5 Å². The Morgan fingerprint density at radius 3 is 2.93 bits per heavy atom. The van der Waals surface area contributed by atoms with Gasteiger partial charge in [-0.05, 0) is 12.5 Å². The maximum atomic E-state index is 14.0. The Hall–Kier alpha value is -2.89. The highest BCUT2D eigenvalue weighted by Crippen LogP contribution is 2.32. The van der Waals surface area contributed by atoms with Crippen LogP contribution in [-0.4, -0.2) is 62.9 Å². The minimum Gasteiger partial charge on any atom is -0.378 e. The maximum Gasteiger partial charge on any atom is 0.405 e. The Kier molecular flexibility index (Phi) is 4.79. The van der Waals surface area contributed by atoms with Crippen LogP contribution in [0.15, 0.2) is 24.7 Å². The summed E-state index contributed by atoms with van der Waals surface area (Å²) in [4.78, 5) is 4.29. The van der Waals surface area contributed by atoms with E-state index in [-0.39, 0.29) is 23.9 Å². The number of ether oxygens (including phenoxy) is 1. The van der Waals surface area contributed by atoms with Gasteiger partial charge in [0.15, 0.2) is 5.65 Å². The fourth-order valence-corrected chi connectivity index (χ4v) is 3.04. The van der Waals surface area contributed by atoms with Gasteiger partial charge in [0.2, 0.25) is 5.95 Å². The second-order valence-electron chi connectivity index (χ2n) is 6.39. The SMILES string of the molecule is F[C@@H]1COCC[C@@H]1Nc1nc2c(NCC(F)(F)F)c(-c3cn[nH]c3)ccn2n1. The molecule has 1 saturated heterocycles. The van der Waals surface area contributed by atoms with Crippen molar-refractivity contribution in [3.05, 3.63) is 24.7 Å². The van der Waals surface area contributed by atoms with Crippen molar-refractivity contribution < 1.29 is 22.3 Å². The first-order chi connectivity index (χ1) is 13.4. The van der Waals surface area contributed by atoms with Gasteiger partial charge in [0.1, 0.15) is 12.7 Å². The molecule has 3 N–H and O–H groups in total. The molecule has 3 aromatic heterocycles. The predicted molar refractivity (Wildman–Crippen MR) is 92.9 cm³/mol. The molecule has 28 heavy (non-hydrogen) atoms. The minimum atomic E-state index is -4.41. The van der Waals surface area contributed by atoms with Gasteiger partial charge >= 0.3 is 6.18 Å². The topological polar surface area (TPSA) is 92.2 Å². The Morgan fingerprint density at radius 2 is 2.21 bits per heavy atom. The van der Waals surface area contributed by atoms with Crippen molar-refractivity contribution in [2.75, 3.05) is 30.4 Å². The van der Waals surface area contributed by atoms with Crippen LogP contribution < -0.4 is 10.6 Å². The fourth-order valence-electron chi connectivity index (χ4n) is 3.04. The highest BCUT2D eigenvalue weighted by atomic mass is 19.4. The molecule has 0 bridgehead atoms. The summed E-state index contributed by atoms with van der Waals surface area (Å²) in [6, 6.07) is 1.09. The molecule has 2 atom stereocenters. The summed E-state index contributed by atoms with van der Waals surface area (Å²) in [5.41, 5.74) is 1.43. The molecule has 0 spiro atoms. The molecule has 12 heteroatoms. The highest BCUT2D eigenvalue weighted by molar-refractivity contribution is 5.86. The van der Waals surface area contributed by atoms with Gasteiger partial charge in [-0.1, -0.05) is 0 Å². The Bertz CT molecular complexity index is 941. The lowest BCUT2D eigenvalue weighted by molar-refractivity contribution is -0.115. The van der Waals surface area contributed by atoms with Gasteiger partial charge in [0.25, 0.3) is 0 Å². The number of H-pyrrole nitrogens is 1. The molecule has 1 aliphatic rings. The third-order valence-corrected chi connectivity index (χ3v) is 4.38. The average Bonchev–Trinajstić information content (AvgIpc) is 3.30. The molecular formula is C16H17F4N7O. The number of nitrogens with one attached hydrogen (secondary N) is 3. The summed E-state index contributed by atoms with van der Waals surface area (Å²) in [7, 11) is 0. The highest BCUT2D eigenvalue weighted by Gasteiger charge is 2.29. The number of fused-ring (bicyclic) bond motifs is 1. The number of alkyl halides is 4. The Balaban J connectivity index is 1.70. The van der Waals surface area contributed by atoms with Gasteiger partial charge in [-0.3, -0.25) is 5.10 Å². The van der Waals surface area contributed by atoms with Crippen LogP contribution in [-0.2, 0) is 4.74 Å². The Morgan fingerprint density at radius 1 is 1.36 bits per heavy atom. The lowest BCUT2D eigenvalue weighted by Crippen LogP contribution is -2.39. The van der Waals surface area contributed by atoms with Crippen molar-refractivity contribution in [2.45, 2.75) is 24.8 Å². The molecule has 4 heterocycles. The van der Waals surface area contributed by atoms with Gasteiger partial charge in [0.05, 0.1) is 24.5 Å². The molecule has 8 nitrogen and oxygen atoms in total. The predicted octanol–water partition coefficient (Wildman–Crippen LogP) is 2.63. The second kappa shape index (κ2) is 7.26. The summed E-state index contributed by atoms with van der Waals surface area (Å²) in [6.45, 7) is -0.845. The van der Waals surface area contributed by atoms with Gasteiger partial charge in [0, 0.05) is 30.1 Å². The van der Waals surface area contributed by atoms with Gasteiger partial charge in [-0.15, -0.1) is 5.10 Å². The zero-order chi connectivity index (χ0) is 19.7. The van der Waals surface area contributed by atoms with Crippen LogP contribution in [0.2, 0.25) is 0 Å². The number of hydrogen-bond donors (Lipinski definition) is 3. The van der Waals surface area contributed by atoms with Crippen molar-refractivity contribution in [3.63, 3.8) is 0 Å². The van der Waals surface area contributed by atoms with Crippen LogP contribution in [0.25, 0.3) is 16.8 Å². The van der Waals surface area contributed by atoms with Crippen molar-refractivity contribution >= 4 is 17.3 Å². The number of aromatic amines is 1. The number of nitrogens with zero attached hydrogens (tertiary/aromatic N) is 4. The standard InChI is InChI=1S/C16H17F4N7O/c17-11-7-28-4-2-12(11)24-15-25-14-13(21-8-16(18,19)20)10(1-3-27(14)26-15)9-5-22-23-6-9/h1,3,5-6,11-12,21H,2,4,7-8H2,(H,22,23)(H,24,26)/t11-,12+/m1/s1. The van der Waals surface area contributed by atoms with Gasteiger partial charge in [-0.2, -0.15) is 23.3 Å². The third-order valence-electron chi connectivity index (χ3n) is 4.38. The average molecular weight is 399 g/mol. The van der Waals surface area contributed by atoms with E-state index < -0.39 is 24.9 Å². The monoisotopic (exact) mass is 399 g/mol. The summed E-state index contributed by atoms with van der Waals surface area (Å²) in [5, 5.41) is 16.0. The summed E-state index contributed by atoms with van der Waals surface area (Å²) >= 11 is 0. The van der Waals surface area contributed by atoms with Gasteiger partial charge < -0.3 is 15.4 Å². The number of anilines is 2. The third kappa shape index (κ3) is 3.86. The molecule has 1 aliphatic heterocycles. The van der Waals surface area contributed by atoms with E-state index in [0.717, 1.165) is 0 Å². The molecule has 0 unspecified atom stereocenters. The summed E-state index contributed by atoms with van der Waals surface area (Å²) in [5.74, 6) is 0.133. The fraction of sp³-hybridized carbons (Fsp3) is 0.438. The number of halogens is 4. The molecule has 0 aromatic carbocycles. The van der Waals surface area contributed by atoms with Crippen molar-refractivity contribution in [1.29, 1.82) is 0 Å². The number of rotatable bonds is 5. The zero-order valence-electron chi connectivity index (χ0n) is 14.5. The smallest absolute Gasteiger partial charge is 0.378 e. The van der Waals surface area contributed by atoms with E-state index in [0.29, 0.717) is 24.2 Å². The van der Waals surface area contributed by atoms with E-state index in [4.69, 9.17) is 4.74 Å². The van der Waals surface area contributed by atoms with Crippen molar-refractivity contribution in [1.82, 2.24) is 24.8 Å². The van der Waals surface area contributed by atoms with E-state index >= 15 is 0 Å². The van der Waals surface area contributed by atoms with Crippen LogP contribution in [0.1, 0.15) is 6.42 Å². The molecule has 1 fully saturated rings. The first-order valence-corrected chi connectivity index (χ1v) is 8.58. The second-order valence-corrected chi connectivity index (χ2v) is 6.39. The number of hydrogen-bond acceptors (Lipinski definition) is 6. The lowest BCUT2D eigenvalue weighted by atomic mass is 10.1. The maximum absolute atomic E-state index is 14.0. The molecule has 150 valence electrons. The Labute approximate surface area is 156 Å².